The monoisotopic (exact) mass is 480 g/mol. The summed E-state index contributed by atoms with van der Waals surface area (Å²) in [7, 11) is 0. The van der Waals surface area contributed by atoms with Gasteiger partial charge < -0.3 is 19.6 Å². The largest absolute Gasteiger partial charge is 0.341 e. The van der Waals surface area contributed by atoms with Crippen LogP contribution in [0, 0.1) is 5.92 Å². The van der Waals surface area contributed by atoms with Gasteiger partial charge in [-0.05, 0) is 55.2 Å². The number of anilines is 1. The summed E-state index contributed by atoms with van der Waals surface area (Å²) in [6.07, 6.45) is 3.16. The fourth-order valence-electron chi connectivity index (χ4n) is 5.48. The van der Waals surface area contributed by atoms with Crippen molar-refractivity contribution in [1.82, 2.24) is 14.7 Å². The molecule has 8 heteroatoms. The molecule has 3 aliphatic heterocycles. The molecule has 7 nitrogen and oxygen atoms in total. The van der Waals surface area contributed by atoms with Crippen LogP contribution in [0.4, 0.5) is 5.69 Å². The van der Waals surface area contributed by atoms with Crippen LogP contribution in [0.2, 0.25) is 0 Å². The number of nitrogens with zero attached hydrogens (tertiary/aromatic N) is 4. The molecule has 2 aromatic rings. The Labute approximate surface area is 204 Å². The van der Waals surface area contributed by atoms with Crippen molar-refractivity contribution in [3.8, 4) is 0 Å². The van der Waals surface area contributed by atoms with Crippen molar-refractivity contribution < 1.29 is 14.4 Å². The fourth-order valence-corrected chi connectivity index (χ4v) is 6.17. The van der Waals surface area contributed by atoms with Crippen molar-refractivity contribution in [2.45, 2.75) is 38.1 Å². The van der Waals surface area contributed by atoms with Crippen LogP contribution in [-0.4, -0.2) is 77.4 Å². The van der Waals surface area contributed by atoms with Gasteiger partial charge in [-0.15, -0.1) is 11.3 Å². The average molecular weight is 481 g/mol. The van der Waals surface area contributed by atoms with Gasteiger partial charge in [0.25, 0.3) is 11.8 Å². The summed E-state index contributed by atoms with van der Waals surface area (Å²) in [6.45, 7) is 5.34. The SMILES string of the molecule is CC1CCN(C(=O)CN2CN(c3ccccc3)C3(CCN(C(=O)c4cccs4)CC3)C2=O)CC1. The topological polar surface area (TPSA) is 64.2 Å². The lowest BCUT2D eigenvalue weighted by atomic mass is 9.85. The van der Waals surface area contributed by atoms with Gasteiger partial charge in [-0.2, -0.15) is 0 Å². The summed E-state index contributed by atoms with van der Waals surface area (Å²) >= 11 is 1.45. The smallest absolute Gasteiger partial charge is 0.263 e. The normalized spacial score (nSPS) is 20.9. The van der Waals surface area contributed by atoms with E-state index in [0.29, 0.717) is 38.5 Å². The molecule has 0 radical (unpaired) electrons. The second-order valence-electron chi connectivity index (χ2n) is 9.77. The first kappa shape index (κ1) is 22.9. The Morgan fingerprint density at radius 1 is 0.971 bits per heavy atom. The van der Waals surface area contributed by atoms with E-state index >= 15 is 0 Å². The van der Waals surface area contributed by atoms with Crippen LogP contribution < -0.4 is 4.90 Å². The van der Waals surface area contributed by atoms with Gasteiger partial charge >= 0.3 is 0 Å². The number of benzene rings is 1. The van der Waals surface area contributed by atoms with Gasteiger partial charge in [0.05, 0.1) is 11.5 Å². The number of carbonyl (C=O) groups excluding carboxylic acids is 3. The number of thiophene rings is 1. The molecule has 1 spiro atoms. The van der Waals surface area contributed by atoms with E-state index in [1.165, 1.54) is 11.3 Å². The lowest BCUT2D eigenvalue weighted by molar-refractivity contribution is -0.141. The van der Waals surface area contributed by atoms with Crippen molar-refractivity contribution in [2.75, 3.05) is 44.3 Å². The second kappa shape index (κ2) is 9.41. The fraction of sp³-hybridized carbons (Fsp3) is 0.500. The molecule has 0 bridgehead atoms. The highest BCUT2D eigenvalue weighted by Crippen LogP contribution is 2.40. The van der Waals surface area contributed by atoms with E-state index in [1.54, 1.807) is 4.90 Å². The summed E-state index contributed by atoms with van der Waals surface area (Å²) in [4.78, 5) is 48.2. The second-order valence-corrected chi connectivity index (χ2v) is 10.7. The van der Waals surface area contributed by atoms with Gasteiger partial charge in [-0.1, -0.05) is 31.2 Å². The van der Waals surface area contributed by atoms with Gasteiger partial charge in [0.15, 0.2) is 0 Å². The molecular weight excluding hydrogens is 448 g/mol. The minimum atomic E-state index is -0.718. The van der Waals surface area contributed by atoms with Crippen LogP contribution in [0.5, 0.6) is 0 Å². The Bertz CT molecular complexity index is 1030. The van der Waals surface area contributed by atoms with Crippen LogP contribution in [0.15, 0.2) is 47.8 Å². The Kier molecular flexibility index (Phi) is 6.34. The molecule has 1 aromatic carbocycles. The molecule has 3 saturated heterocycles. The molecule has 3 aliphatic rings. The van der Waals surface area contributed by atoms with Gasteiger partial charge in [-0.25, -0.2) is 0 Å². The molecule has 34 heavy (non-hydrogen) atoms. The first-order valence-electron chi connectivity index (χ1n) is 12.2. The molecule has 0 N–H and O–H groups in total. The summed E-state index contributed by atoms with van der Waals surface area (Å²) < 4.78 is 0. The lowest BCUT2D eigenvalue weighted by Crippen LogP contribution is -2.57. The molecule has 5 rings (SSSR count). The first-order chi connectivity index (χ1) is 16.5. The average Bonchev–Trinajstić information content (AvgIpc) is 3.49. The highest BCUT2D eigenvalue weighted by Gasteiger charge is 2.54. The third-order valence-electron chi connectivity index (χ3n) is 7.65. The molecule has 3 fully saturated rings. The maximum Gasteiger partial charge on any atom is 0.263 e. The predicted molar refractivity (Wildman–Crippen MR) is 133 cm³/mol. The number of hydrogen-bond donors (Lipinski definition) is 0. The first-order valence-corrected chi connectivity index (χ1v) is 13.1. The maximum absolute atomic E-state index is 13.9. The van der Waals surface area contributed by atoms with E-state index < -0.39 is 5.54 Å². The highest BCUT2D eigenvalue weighted by molar-refractivity contribution is 7.12. The molecule has 0 aliphatic carbocycles. The van der Waals surface area contributed by atoms with Gasteiger partial charge in [0.2, 0.25) is 5.91 Å². The van der Waals surface area contributed by atoms with Crippen molar-refractivity contribution in [2.24, 2.45) is 5.92 Å². The minimum Gasteiger partial charge on any atom is -0.341 e. The minimum absolute atomic E-state index is 0.0123. The molecular formula is C26H32N4O3S. The van der Waals surface area contributed by atoms with Crippen LogP contribution in [0.1, 0.15) is 42.3 Å². The van der Waals surface area contributed by atoms with Gasteiger partial charge in [-0.3, -0.25) is 14.4 Å². The predicted octanol–water partition coefficient (Wildman–Crippen LogP) is 3.29. The Hall–Kier alpha value is -2.87. The van der Waals surface area contributed by atoms with E-state index in [4.69, 9.17) is 0 Å². The third kappa shape index (κ3) is 4.19. The van der Waals surface area contributed by atoms with Gasteiger partial charge in [0.1, 0.15) is 12.1 Å². The number of carbonyl (C=O) groups is 3. The van der Waals surface area contributed by atoms with Crippen LogP contribution in [0.3, 0.4) is 0 Å². The summed E-state index contributed by atoms with van der Waals surface area (Å²) in [5, 5.41) is 1.91. The van der Waals surface area contributed by atoms with E-state index in [9.17, 15) is 14.4 Å². The number of para-hydroxylation sites is 1. The zero-order valence-electron chi connectivity index (χ0n) is 19.7. The Morgan fingerprint density at radius 3 is 2.32 bits per heavy atom. The standard InChI is InChI=1S/C26H32N4O3S/c1-20-9-13-27(14-10-20)23(31)18-29-19-30(21-6-3-2-4-7-21)26(25(29)33)11-15-28(16-12-26)24(32)22-8-5-17-34-22/h2-8,17,20H,9-16,18-19H2,1H3. The van der Waals surface area contributed by atoms with E-state index in [-0.39, 0.29) is 24.3 Å². The summed E-state index contributed by atoms with van der Waals surface area (Å²) in [5.74, 6) is 0.734. The zero-order chi connectivity index (χ0) is 23.7. The van der Waals surface area contributed by atoms with E-state index in [0.717, 1.165) is 36.5 Å². The molecule has 0 atom stereocenters. The lowest BCUT2D eigenvalue weighted by Gasteiger charge is -2.43. The zero-order valence-corrected chi connectivity index (χ0v) is 20.5. The van der Waals surface area contributed by atoms with Crippen LogP contribution >= 0.6 is 11.3 Å². The number of piperidine rings is 2. The number of amides is 3. The molecule has 0 unspecified atom stereocenters. The third-order valence-corrected chi connectivity index (χ3v) is 8.51. The van der Waals surface area contributed by atoms with Crippen molar-refractivity contribution in [3.63, 3.8) is 0 Å². The van der Waals surface area contributed by atoms with Crippen LogP contribution in [0.25, 0.3) is 0 Å². The van der Waals surface area contributed by atoms with Crippen molar-refractivity contribution >= 4 is 34.7 Å². The Balaban J connectivity index is 1.34. The summed E-state index contributed by atoms with van der Waals surface area (Å²) in [6, 6.07) is 13.7. The number of hydrogen-bond acceptors (Lipinski definition) is 5. The molecule has 1 aromatic heterocycles. The highest BCUT2D eigenvalue weighted by atomic mass is 32.1. The number of rotatable bonds is 4. The quantitative estimate of drug-likeness (QED) is 0.674. The van der Waals surface area contributed by atoms with Crippen LogP contribution in [-0.2, 0) is 9.59 Å². The maximum atomic E-state index is 13.9. The van der Waals surface area contributed by atoms with E-state index in [2.05, 4.69) is 11.8 Å². The van der Waals surface area contributed by atoms with Gasteiger partial charge in [0, 0.05) is 31.9 Å². The molecule has 4 heterocycles. The molecule has 180 valence electrons. The summed E-state index contributed by atoms with van der Waals surface area (Å²) in [5.41, 5.74) is 0.264. The van der Waals surface area contributed by atoms with Crippen molar-refractivity contribution in [1.29, 1.82) is 0 Å². The number of likely N-dealkylation sites (tertiary alicyclic amines) is 2. The van der Waals surface area contributed by atoms with E-state index in [1.807, 2.05) is 57.6 Å². The molecule has 3 amide bonds. The molecule has 0 saturated carbocycles. The van der Waals surface area contributed by atoms with Crippen molar-refractivity contribution in [3.05, 3.63) is 52.7 Å². The Morgan fingerprint density at radius 2 is 1.68 bits per heavy atom.